The minimum atomic E-state index is 0.207. The molecule has 1 fully saturated rings. The number of thioether (sulfide) groups is 1. The van der Waals surface area contributed by atoms with Crippen LogP contribution >= 0.6 is 11.8 Å². The zero-order chi connectivity index (χ0) is 12.1. The third-order valence-electron chi connectivity index (χ3n) is 3.08. The number of nitrogens with one attached hydrogen (secondary N) is 1. The Morgan fingerprint density at radius 2 is 2.35 bits per heavy atom. The van der Waals surface area contributed by atoms with E-state index in [1.54, 1.807) is 4.90 Å². The van der Waals surface area contributed by atoms with E-state index in [2.05, 4.69) is 15.2 Å². The van der Waals surface area contributed by atoms with Gasteiger partial charge >= 0.3 is 0 Å². The van der Waals surface area contributed by atoms with Crippen LogP contribution in [0.15, 0.2) is 6.33 Å². The predicted molar refractivity (Wildman–Crippen MR) is 67.5 cm³/mol. The van der Waals surface area contributed by atoms with E-state index in [0.717, 1.165) is 5.82 Å². The van der Waals surface area contributed by atoms with Gasteiger partial charge in [0.2, 0.25) is 5.91 Å². The van der Waals surface area contributed by atoms with Gasteiger partial charge in [-0.05, 0) is 30.3 Å². The van der Waals surface area contributed by atoms with E-state index < -0.39 is 0 Å². The summed E-state index contributed by atoms with van der Waals surface area (Å²) in [6.07, 6.45) is 4.48. The number of hydrogen-bond donors (Lipinski definition) is 1. The maximum atomic E-state index is 12.0. The Hall–Kier alpha value is -1.04. The number of nitrogens with zero attached hydrogens (tertiary/aromatic N) is 3. The molecule has 0 aliphatic carbocycles. The van der Waals surface area contributed by atoms with Crippen LogP contribution in [-0.2, 0) is 11.3 Å². The Balaban J connectivity index is 1.78. The third-order valence-corrected chi connectivity index (χ3v) is 4.13. The zero-order valence-corrected chi connectivity index (χ0v) is 10.9. The summed E-state index contributed by atoms with van der Waals surface area (Å²) >= 11 is 1.99. The Kier molecular flexibility index (Phi) is 4.42. The molecule has 0 unspecified atom stereocenters. The number of carbonyl (C=O) groups excluding carboxylic acids is 1. The molecular formula is C11H18N4OS. The second-order valence-electron chi connectivity index (χ2n) is 4.44. The lowest BCUT2D eigenvalue weighted by Crippen LogP contribution is -2.29. The molecule has 1 aliphatic rings. The molecule has 5 nitrogen and oxygen atoms in total. The molecule has 2 heterocycles. The smallest absolute Gasteiger partial charge is 0.222 e. The molecule has 0 spiro atoms. The fourth-order valence-corrected chi connectivity index (χ4v) is 3.18. The van der Waals surface area contributed by atoms with E-state index in [1.165, 1.54) is 30.7 Å². The van der Waals surface area contributed by atoms with Gasteiger partial charge in [-0.2, -0.15) is 16.9 Å². The number of hydrogen-bond acceptors (Lipinski definition) is 4. The number of H-pyrrole nitrogens is 1. The molecule has 1 aromatic rings. The van der Waals surface area contributed by atoms with Gasteiger partial charge in [0.05, 0.1) is 6.54 Å². The van der Waals surface area contributed by atoms with Gasteiger partial charge in [-0.25, -0.2) is 4.98 Å². The van der Waals surface area contributed by atoms with Crippen LogP contribution in [0.4, 0.5) is 0 Å². The van der Waals surface area contributed by atoms with Gasteiger partial charge < -0.3 is 4.90 Å². The van der Waals surface area contributed by atoms with Crippen molar-refractivity contribution in [3.05, 3.63) is 12.2 Å². The second kappa shape index (κ2) is 6.05. The lowest BCUT2D eigenvalue weighted by Gasteiger charge is -2.23. The molecule has 1 N–H and O–H groups in total. The van der Waals surface area contributed by atoms with Crippen molar-refractivity contribution in [2.24, 2.45) is 5.92 Å². The molecule has 1 saturated heterocycles. The molecule has 0 aromatic carbocycles. The van der Waals surface area contributed by atoms with Gasteiger partial charge in [0, 0.05) is 13.5 Å². The average molecular weight is 254 g/mol. The molecule has 0 saturated carbocycles. The normalized spacial score (nSPS) is 17.0. The van der Waals surface area contributed by atoms with Crippen molar-refractivity contribution in [1.29, 1.82) is 0 Å². The highest BCUT2D eigenvalue weighted by Gasteiger charge is 2.19. The van der Waals surface area contributed by atoms with E-state index >= 15 is 0 Å². The Labute approximate surface area is 105 Å². The fraction of sp³-hybridized carbons (Fsp3) is 0.727. The predicted octanol–water partition coefficient (Wildman–Crippen LogP) is 1.30. The van der Waals surface area contributed by atoms with E-state index in [0.29, 0.717) is 18.9 Å². The van der Waals surface area contributed by atoms with Crippen LogP contribution < -0.4 is 0 Å². The van der Waals surface area contributed by atoms with Crippen molar-refractivity contribution < 1.29 is 4.79 Å². The van der Waals surface area contributed by atoms with Crippen LogP contribution in [0.2, 0.25) is 0 Å². The molecule has 94 valence electrons. The number of amides is 1. The van der Waals surface area contributed by atoms with Gasteiger partial charge in [0.15, 0.2) is 0 Å². The molecule has 0 atom stereocenters. The van der Waals surface area contributed by atoms with Crippen LogP contribution in [0.5, 0.6) is 0 Å². The molecule has 1 aliphatic heterocycles. The summed E-state index contributed by atoms with van der Waals surface area (Å²) in [6, 6.07) is 0. The lowest BCUT2D eigenvalue weighted by atomic mass is 9.98. The van der Waals surface area contributed by atoms with Crippen molar-refractivity contribution in [3.63, 3.8) is 0 Å². The molecule has 1 aromatic heterocycles. The Morgan fingerprint density at radius 1 is 1.59 bits per heavy atom. The second-order valence-corrected chi connectivity index (χ2v) is 5.67. The number of rotatable bonds is 4. The molecule has 1 amide bonds. The van der Waals surface area contributed by atoms with Crippen molar-refractivity contribution in [1.82, 2.24) is 20.1 Å². The highest BCUT2D eigenvalue weighted by atomic mass is 32.2. The maximum Gasteiger partial charge on any atom is 0.222 e. The summed E-state index contributed by atoms with van der Waals surface area (Å²) < 4.78 is 0. The Morgan fingerprint density at radius 3 is 3.00 bits per heavy atom. The highest BCUT2D eigenvalue weighted by molar-refractivity contribution is 7.99. The van der Waals surface area contributed by atoms with Crippen molar-refractivity contribution in [2.75, 3.05) is 18.6 Å². The molecule has 0 radical (unpaired) electrons. The first-order chi connectivity index (χ1) is 8.25. The monoisotopic (exact) mass is 254 g/mol. The minimum absolute atomic E-state index is 0.207. The van der Waals surface area contributed by atoms with Crippen LogP contribution in [0.3, 0.4) is 0 Å². The molecule has 6 heteroatoms. The first-order valence-corrected chi connectivity index (χ1v) is 7.07. The number of carbonyl (C=O) groups is 1. The van der Waals surface area contributed by atoms with E-state index in [4.69, 9.17) is 0 Å². The van der Waals surface area contributed by atoms with Gasteiger partial charge in [-0.3, -0.25) is 9.89 Å². The van der Waals surface area contributed by atoms with E-state index in [9.17, 15) is 4.79 Å². The fourth-order valence-electron chi connectivity index (χ4n) is 1.97. The maximum absolute atomic E-state index is 12.0. The summed E-state index contributed by atoms with van der Waals surface area (Å²) in [7, 11) is 1.82. The summed E-state index contributed by atoms with van der Waals surface area (Å²) in [5.41, 5.74) is 0. The number of aromatic nitrogens is 3. The Bertz CT molecular complexity index is 348. The molecule has 0 bridgehead atoms. The summed E-state index contributed by atoms with van der Waals surface area (Å²) in [5.74, 6) is 3.91. The first-order valence-electron chi connectivity index (χ1n) is 5.91. The van der Waals surface area contributed by atoms with E-state index in [-0.39, 0.29) is 5.91 Å². The van der Waals surface area contributed by atoms with Gasteiger partial charge in [0.25, 0.3) is 0 Å². The van der Waals surface area contributed by atoms with Crippen molar-refractivity contribution in [2.45, 2.75) is 25.8 Å². The molecular weight excluding hydrogens is 236 g/mol. The van der Waals surface area contributed by atoms with Gasteiger partial charge in [-0.1, -0.05) is 0 Å². The summed E-state index contributed by atoms with van der Waals surface area (Å²) in [6.45, 7) is 0.514. The van der Waals surface area contributed by atoms with Crippen LogP contribution in [0.25, 0.3) is 0 Å². The first kappa shape index (κ1) is 12.4. The highest BCUT2D eigenvalue weighted by Crippen LogP contribution is 2.25. The quantitative estimate of drug-likeness (QED) is 0.879. The van der Waals surface area contributed by atoms with Crippen LogP contribution in [0, 0.1) is 5.92 Å². The minimum Gasteiger partial charge on any atom is -0.338 e. The SMILES string of the molecule is CN(Cc1ncn[nH]1)C(=O)CC1CCSCC1. The number of aromatic amines is 1. The van der Waals surface area contributed by atoms with Crippen LogP contribution in [0.1, 0.15) is 25.1 Å². The summed E-state index contributed by atoms with van der Waals surface area (Å²) in [5, 5.41) is 6.54. The average Bonchev–Trinajstić information content (AvgIpc) is 2.83. The van der Waals surface area contributed by atoms with E-state index in [1.807, 2.05) is 18.8 Å². The topological polar surface area (TPSA) is 61.9 Å². The van der Waals surface area contributed by atoms with Crippen molar-refractivity contribution >= 4 is 17.7 Å². The standard InChI is InChI=1S/C11H18N4OS/c1-15(7-10-12-8-13-14-10)11(16)6-9-2-4-17-5-3-9/h8-9H,2-7H2,1H3,(H,12,13,14). The van der Waals surface area contributed by atoms with Crippen LogP contribution in [-0.4, -0.2) is 44.5 Å². The van der Waals surface area contributed by atoms with Gasteiger partial charge in [-0.15, -0.1) is 0 Å². The molecule has 17 heavy (non-hydrogen) atoms. The lowest BCUT2D eigenvalue weighted by molar-refractivity contribution is -0.131. The largest absolute Gasteiger partial charge is 0.338 e. The zero-order valence-electron chi connectivity index (χ0n) is 10.1. The van der Waals surface area contributed by atoms with Gasteiger partial charge in [0.1, 0.15) is 12.2 Å². The molecule has 2 rings (SSSR count). The van der Waals surface area contributed by atoms with Crippen molar-refractivity contribution in [3.8, 4) is 0 Å². The third kappa shape index (κ3) is 3.73. The summed E-state index contributed by atoms with van der Waals surface area (Å²) in [4.78, 5) is 17.7.